The van der Waals surface area contributed by atoms with E-state index in [4.69, 9.17) is 5.11 Å². The number of rotatable bonds is 15. The van der Waals surface area contributed by atoms with Crippen molar-refractivity contribution in [2.75, 3.05) is 0 Å². The first-order valence-corrected chi connectivity index (χ1v) is 9.27. The monoisotopic (exact) mass is 330 g/mol. The second-order valence-corrected chi connectivity index (χ2v) is 5.78. The molecular weight excluding hydrogens is 296 g/mol. The fourth-order valence-electron chi connectivity index (χ4n) is 2.08. The molecule has 0 spiro atoms. The quantitative estimate of drug-likeness (QED) is 0.204. The first-order chi connectivity index (χ1) is 11.8. The van der Waals surface area contributed by atoms with Gasteiger partial charge in [-0.15, -0.1) is 0 Å². The first kappa shape index (κ1) is 22.2. The average Bonchev–Trinajstić information content (AvgIpc) is 2.56. The van der Waals surface area contributed by atoms with Gasteiger partial charge in [-0.25, -0.2) is 0 Å². The van der Waals surface area contributed by atoms with E-state index < -0.39 is 5.97 Å². The van der Waals surface area contributed by atoms with E-state index in [1.165, 1.54) is 32.1 Å². The lowest BCUT2D eigenvalue weighted by atomic mass is 10.1. The van der Waals surface area contributed by atoms with Crippen LogP contribution < -0.4 is 0 Å². The molecule has 1 N–H and O–H groups in total. The molecular formula is C22H34O2. The summed E-state index contributed by atoms with van der Waals surface area (Å²) < 4.78 is 0. The van der Waals surface area contributed by atoms with E-state index in [1.54, 1.807) is 0 Å². The van der Waals surface area contributed by atoms with Gasteiger partial charge in [0.1, 0.15) is 0 Å². The molecule has 0 aliphatic carbocycles. The van der Waals surface area contributed by atoms with Gasteiger partial charge in [0.05, 0.1) is 0 Å². The van der Waals surface area contributed by atoms with Crippen molar-refractivity contribution in [3.05, 3.63) is 60.8 Å². The van der Waals surface area contributed by atoms with Crippen molar-refractivity contribution < 1.29 is 9.90 Å². The normalized spacial score (nSPS) is 12.7. The van der Waals surface area contributed by atoms with Gasteiger partial charge >= 0.3 is 5.97 Å². The maximum absolute atomic E-state index is 10.3. The number of carbonyl (C=O) groups is 1. The molecule has 0 aliphatic heterocycles. The van der Waals surface area contributed by atoms with Gasteiger partial charge in [-0.1, -0.05) is 86.9 Å². The first-order valence-electron chi connectivity index (χ1n) is 9.27. The molecule has 0 saturated heterocycles. The molecule has 2 nitrogen and oxygen atoms in total. The number of carboxylic acid groups (broad SMARTS) is 1. The lowest BCUT2D eigenvalue weighted by molar-refractivity contribution is -0.136. The Balaban J connectivity index is 3.49. The second-order valence-electron chi connectivity index (χ2n) is 5.78. The number of hydrogen-bond donors (Lipinski definition) is 1. The Labute approximate surface area is 148 Å². The lowest BCUT2D eigenvalue weighted by Crippen LogP contribution is -1.91. The topological polar surface area (TPSA) is 37.3 Å². The van der Waals surface area contributed by atoms with Gasteiger partial charge in [-0.2, -0.15) is 0 Å². The Kier molecular flexibility index (Phi) is 17.8. The molecule has 0 bridgehead atoms. The maximum atomic E-state index is 10.3. The van der Waals surface area contributed by atoms with Gasteiger partial charge < -0.3 is 5.11 Å². The summed E-state index contributed by atoms with van der Waals surface area (Å²) >= 11 is 0. The number of unbranched alkanes of at least 4 members (excludes halogenated alkanes) is 5. The highest BCUT2D eigenvalue weighted by molar-refractivity contribution is 5.66. The van der Waals surface area contributed by atoms with Gasteiger partial charge in [0, 0.05) is 6.42 Å². The summed E-state index contributed by atoms with van der Waals surface area (Å²) in [6.45, 7) is 2.24. The lowest BCUT2D eigenvalue weighted by Gasteiger charge is -1.93. The zero-order chi connectivity index (χ0) is 17.7. The van der Waals surface area contributed by atoms with Crippen LogP contribution >= 0.6 is 0 Å². The van der Waals surface area contributed by atoms with Crippen molar-refractivity contribution in [1.82, 2.24) is 0 Å². The zero-order valence-electron chi connectivity index (χ0n) is 15.2. The minimum atomic E-state index is -0.743. The minimum absolute atomic E-state index is 0.207. The van der Waals surface area contributed by atoms with Gasteiger partial charge in [-0.05, 0) is 38.5 Å². The van der Waals surface area contributed by atoms with E-state index in [-0.39, 0.29) is 6.42 Å². The van der Waals surface area contributed by atoms with Crippen LogP contribution in [0.5, 0.6) is 0 Å². The fraction of sp³-hybridized carbons (Fsp3) is 0.500. The summed E-state index contributed by atoms with van der Waals surface area (Å²) in [4.78, 5) is 10.3. The van der Waals surface area contributed by atoms with Crippen LogP contribution in [0.2, 0.25) is 0 Å². The third kappa shape index (κ3) is 20.2. The van der Waals surface area contributed by atoms with Crippen LogP contribution in [0.3, 0.4) is 0 Å². The second kappa shape index (κ2) is 19.2. The zero-order valence-corrected chi connectivity index (χ0v) is 15.2. The van der Waals surface area contributed by atoms with Crippen LogP contribution in [0, 0.1) is 0 Å². The molecule has 0 aliphatic rings. The van der Waals surface area contributed by atoms with Gasteiger partial charge in [-0.3, -0.25) is 4.79 Å². The number of hydrogen-bond acceptors (Lipinski definition) is 1. The molecule has 0 aromatic carbocycles. The van der Waals surface area contributed by atoms with Crippen molar-refractivity contribution in [2.24, 2.45) is 0 Å². The van der Waals surface area contributed by atoms with Crippen molar-refractivity contribution in [2.45, 2.75) is 71.1 Å². The molecule has 0 rings (SSSR count). The SMILES string of the molecule is CCCCCCC=CCCC=CC=CC=CCC=CCCC(=O)O. The fourth-order valence-corrected chi connectivity index (χ4v) is 2.08. The van der Waals surface area contributed by atoms with Crippen molar-refractivity contribution in [3.63, 3.8) is 0 Å². The number of carboxylic acids is 1. The Morgan fingerprint density at radius 2 is 1.38 bits per heavy atom. The highest BCUT2D eigenvalue weighted by Gasteiger charge is 1.90. The van der Waals surface area contributed by atoms with E-state index >= 15 is 0 Å². The third-order valence-corrected chi connectivity index (χ3v) is 3.46. The van der Waals surface area contributed by atoms with E-state index in [9.17, 15) is 4.79 Å². The van der Waals surface area contributed by atoms with Gasteiger partial charge in [0.25, 0.3) is 0 Å². The van der Waals surface area contributed by atoms with Crippen LogP contribution in [-0.4, -0.2) is 11.1 Å². The molecule has 0 radical (unpaired) electrons. The highest BCUT2D eigenvalue weighted by atomic mass is 16.4. The molecule has 24 heavy (non-hydrogen) atoms. The average molecular weight is 331 g/mol. The van der Waals surface area contributed by atoms with E-state index in [2.05, 4.69) is 37.3 Å². The van der Waals surface area contributed by atoms with Crippen LogP contribution in [0.1, 0.15) is 71.1 Å². The van der Waals surface area contributed by atoms with E-state index in [1.807, 2.05) is 30.4 Å². The van der Waals surface area contributed by atoms with Crippen LogP contribution in [0.4, 0.5) is 0 Å². The Bertz CT molecular complexity index is 425. The molecule has 0 saturated carbocycles. The Morgan fingerprint density at radius 3 is 2.12 bits per heavy atom. The third-order valence-electron chi connectivity index (χ3n) is 3.46. The minimum Gasteiger partial charge on any atom is -0.481 e. The summed E-state index contributed by atoms with van der Waals surface area (Å²) in [6, 6.07) is 0. The van der Waals surface area contributed by atoms with E-state index in [0.29, 0.717) is 6.42 Å². The molecule has 0 unspecified atom stereocenters. The standard InChI is InChI=1S/C22H34O2/c1-2-3-4-5-6-7-8-9-10-11-12-13-14-15-16-17-18-19-20-21-22(23)24/h7-8,11-16,18-19H,2-6,9-10,17,20-21H2,1H3,(H,23,24). The van der Waals surface area contributed by atoms with Crippen LogP contribution in [0.25, 0.3) is 0 Å². The number of aliphatic carboxylic acids is 1. The molecule has 0 aromatic heterocycles. The highest BCUT2D eigenvalue weighted by Crippen LogP contribution is 2.04. The summed E-state index contributed by atoms with van der Waals surface area (Å²) in [5.74, 6) is -0.743. The molecule has 0 fully saturated rings. The van der Waals surface area contributed by atoms with Gasteiger partial charge in [0.15, 0.2) is 0 Å². The molecule has 2 heteroatoms. The largest absolute Gasteiger partial charge is 0.481 e. The summed E-state index contributed by atoms with van der Waals surface area (Å²) in [5.41, 5.74) is 0. The maximum Gasteiger partial charge on any atom is 0.303 e. The smallest absolute Gasteiger partial charge is 0.303 e. The predicted molar refractivity (Wildman–Crippen MR) is 105 cm³/mol. The van der Waals surface area contributed by atoms with Gasteiger partial charge in [0.2, 0.25) is 0 Å². The van der Waals surface area contributed by atoms with Crippen molar-refractivity contribution >= 4 is 5.97 Å². The molecule has 0 aromatic rings. The Morgan fingerprint density at radius 1 is 0.708 bits per heavy atom. The molecule has 0 atom stereocenters. The van der Waals surface area contributed by atoms with Crippen molar-refractivity contribution in [1.29, 1.82) is 0 Å². The Hall–Kier alpha value is -1.83. The summed E-state index contributed by atoms with van der Waals surface area (Å²) in [7, 11) is 0. The summed E-state index contributed by atoms with van der Waals surface area (Å²) in [5, 5.41) is 8.49. The predicted octanol–water partition coefficient (Wildman–Crippen LogP) is 6.77. The molecule has 134 valence electrons. The van der Waals surface area contributed by atoms with Crippen molar-refractivity contribution in [3.8, 4) is 0 Å². The number of allylic oxidation sites excluding steroid dienone is 10. The van der Waals surface area contributed by atoms with Crippen LogP contribution in [0.15, 0.2) is 60.8 Å². The molecule has 0 amide bonds. The molecule has 0 heterocycles. The van der Waals surface area contributed by atoms with E-state index in [0.717, 1.165) is 19.3 Å². The summed E-state index contributed by atoms with van der Waals surface area (Å²) in [6.07, 6.45) is 31.4. The van der Waals surface area contributed by atoms with Crippen LogP contribution in [-0.2, 0) is 4.79 Å².